The normalized spacial score (nSPS) is 17.3. The van der Waals surface area contributed by atoms with Gasteiger partial charge >= 0.3 is 0 Å². The molecular formula is C16H18N2OS2. The molecule has 110 valence electrons. The van der Waals surface area contributed by atoms with Crippen molar-refractivity contribution in [2.75, 3.05) is 11.1 Å². The topological polar surface area (TPSA) is 42.0 Å². The first-order chi connectivity index (χ1) is 10.2. The summed E-state index contributed by atoms with van der Waals surface area (Å²) in [6.45, 7) is 2.28. The van der Waals surface area contributed by atoms with Gasteiger partial charge in [0.2, 0.25) is 5.91 Å². The summed E-state index contributed by atoms with van der Waals surface area (Å²) in [6.07, 6.45) is 3.34. The zero-order chi connectivity index (χ0) is 14.7. The van der Waals surface area contributed by atoms with Crippen LogP contribution in [0.4, 0.5) is 5.13 Å². The van der Waals surface area contributed by atoms with Gasteiger partial charge in [-0.15, -0.1) is 23.1 Å². The van der Waals surface area contributed by atoms with Crippen LogP contribution in [0, 0.1) is 5.92 Å². The molecular weight excluding hydrogens is 300 g/mol. The van der Waals surface area contributed by atoms with Crippen molar-refractivity contribution in [3.05, 3.63) is 40.9 Å². The number of aromatic nitrogens is 1. The molecule has 0 saturated heterocycles. The van der Waals surface area contributed by atoms with Crippen LogP contribution in [0.3, 0.4) is 0 Å². The molecule has 0 unspecified atom stereocenters. The molecule has 2 aromatic rings. The number of nitrogens with zero attached hydrogens (tertiary/aromatic N) is 1. The van der Waals surface area contributed by atoms with E-state index in [1.165, 1.54) is 17.0 Å². The molecule has 1 aromatic heterocycles. The number of fused-ring (bicyclic) bond motifs is 1. The zero-order valence-corrected chi connectivity index (χ0v) is 13.6. The fourth-order valence-corrected chi connectivity index (χ4v) is 4.32. The minimum absolute atomic E-state index is 0.0167. The van der Waals surface area contributed by atoms with Crippen LogP contribution in [0.5, 0.6) is 0 Å². The van der Waals surface area contributed by atoms with Crippen molar-refractivity contribution in [2.24, 2.45) is 5.92 Å². The van der Waals surface area contributed by atoms with Crippen molar-refractivity contribution in [1.29, 1.82) is 0 Å². The molecule has 1 amide bonds. The zero-order valence-electron chi connectivity index (χ0n) is 12.0. The molecule has 1 N–H and O–H groups in total. The summed E-state index contributed by atoms with van der Waals surface area (Å²) in [6, 6.07) is 9.97. The molecule has 1 aliphatic carbocycles. The predicted molar refractivity (Wildman–Crippen MR) is 89.1 cm³/mol. The van der Waals surface area contributed by atoms with E-state index in [1.54, 1.807) is 23.1 Å². The number of rotatable bonds is 4. The van der Waals surface area contributed by atoms with Crippen LogP contribution < -0.4 is 5.32 Å². The first-order valence-corrected chi connectivity index (χ1v) is 8.97. The lowest BCUT2D eigenvalue weighted by molar-refractivity contribution is -0.113. The summed E-state index contributed by atoms with van der Waals surface area (Å²) >= 11 is 3.18. The molecule has 21 heavy (non-hydrogen) atoms. The molecule has 1 aliphatic rings. The van der Waals surface area contributed by atoms with Crippen LogP contribution in [-0.4, -0.2) is 16.6 Å². The number of anilines is 1. The quantitative estimate of drug-likeness (QED) is 0.866. The number of carbonyl (C=O) groups is 1. The Morgan fingerprint density at radius 1 is 1.43 bits per heavy atom. The van der Waals surface area contributed by atoms with E-state index in [1.807, 2.05) is 30.3 Å². The Morgan fingerprint density at radius 2 is 2.24 bits per heavy atom. The van der Waals surface area contributed by atoms with Gasteiger partial charge in [-0.05, 0) is 37.3 Å². The number of benzene rings is 1. The van der Waals surface area contributed by atoms with Crippen molar-refractivity contribution in [2.45, 2.75) is 31.1 Å². The van der Waals surface area contributed by atoms with Gasteiger partial charge in [0, 0.05) is 9.77 Å². The Morgan fingerprint density at radius 3 is 3.05 bits per heavy atom. The van der Waals surface area contributed by atoms with Gasteiger partial charge in [-0.2, -0.15) is 0 Å². The maximum atomic E-state index is 12.0. The third-order valence-corrected chi connectivity index (χ3v) is 5.59. The molecule has 0 radical (unpaired) electrons. The van der Waals surface area contributed by atoms with Gasteiger partial charge in [-0.25, -0.2) is 4.98 Å². The lowest BCUT2D eigenvalue weighted by atomic mass is 9.93. The Kier molecular flexibility index (Phi) is 4.60. The second kappa shape index (κ2) is 6.62. The van der Waals surface area contributed by atoms with E-state index >= 15 is 0 Å². The van der Waals surface area contributed by atoms with Crippen LogP contribution in [0.25, 0.3) is 0 Å². The molecule has 0 aliphatic heterocycles. The molecule has 1 aromatic carbocycles. The molecule has 3 nitrogen and oxygen atoms in total. The third-order valence-electron chi connectivity index (χ3n) is 3.55. The molecule has 0 bridgehead atoms. The summed E-state index contributed by atoms with van der Waals surface area (Å²) in [5.41, 5.74) is 1.18. The summed E-state index contributed by atoms with van der Waals surface area (Å²) in [4.78, 5) is 19.0. The number of carbonyl (C=O) groups excluding carboxylic acids is 1. The predicted octanol–water partition coefficient (Wildman–Crippen LogP) is 4.00. The fourth-order valence-electron chi connectivity index (χ4n) is 2.41. The Balaban J connectivity index is 1.55. The first-order valence-electron chi connectivity index (χ1n) is 7.17. The largest absolute Gasteiger partial charge is 0.301 e. The fraction of sp³-hybridized carbons (Fsp3) is 0.375. The van der Waals surface area contributed by atoms with Crippen molar-refractivity contribution < 1.29 is 4.79 Å². The van der Waals surface area contributed by atoms with E-state index in [-0.39, 0.29) is 5.91 Å². The Hall–Kier alpha value is -1.33. The highest BCUT2D eigenvalue weighted by atomic mass is 32.2. The molecule has 3 rings (SSSR count). The minimum Gasteiger partial charge on any atom is -0.301 e. The minimum atomic E-state index is 0.0167. The monoisotopic (exact) mass is 318 g/mol. The van der Waals surface area contributed by atoms with Crippen LogP contribution in [-0.2, 0) is 17.6 Å². The highest BCUT2D eigenvalue weighted by Crippen LogP contribution is 2.32. The highest BCUT2D eigenvalue weighted by molar-refractivity contribution is 8.00. The molecule has 5 heteroatoms. The van der Waals surface area contributed by atoms with Crippen molar-refractivity contribution in [3.8, 4) is 0 Å². The average molecular weight is 318 g/mol. The van der Waals surface area contributed by atoms with Crippen molar-refractivity contribution in [1.82, 2.24) is 4.98 Å². The van der Waals surface area contributed by atoms with Gasteiger partial charge in [0.15, 0.2) is 5.13 Å². The van der Waals surface area contributed by atoms with E-state index in [9.17, 15) is 4.79 Å². The smallest absolute Gasteiger partial charge is 0.236 e. The first kappa shape index (κ1) is 14.6. The third kappa shape index (κ3) is 3.86. The summed E-state index contributed by atoms with van der Waals surface area (Å²) in [5.74, 6) is 1.17. The number of hydrogen-bond acceptors (Lipinski definition) is 4. The van der Waals surface area contributed by atoms with Crippen LogP contribution >= 0.6 is 23.1 Å². The van der Waals surface area contributed by atoms with Crippen LogP contribution in [0.2, 0.25) is 0 Å². The highest BCUT2D eigenvalue weighted by Gasteiger charge is 2.20. The molecule has 0 fully saturated rings. The molecule has 0 saturated carbocycles. The second-order valence-corrected chi connectivity index (χ2v) is 7.52. The SMILES string of the molecule is C[C@H]1CCc2nc(NC(=O)CSc3ccccc3)sc2C1. The number of thioether (sulfide) groups is 1. The van der Waals surface area contributed by atoms with Gasteiger partial charge in [0.1, 0.15) is 0 Å². The summed E-state index contributed by atoms with van der Waals surface area (Å²) in [7, 11) is 0. The number of thiazole rings is 1. The van der Waals surface area contributed by atoms with Gasteiger partial charge < -0.3 is 5.32 Å². The number of nitrogens with one attached hydrogen (secondary N) is 1. The van der Waals surface area contributed by atoms with Crippen molar-refractivity contribution >= 4 is 34.1 Å². The number of amides is 1. The van der Waals surface area contributed by atoms with E-state index in [2.05, 4.69) is 17.2 Å². The number of aryl methyl sites for hydroxylation is 1. The molecule has 0 spiro atoms. The van der Waals surface area contributed by atoms with Crippen LogP contribution in [0.1, 0.15) is 23.9 Å². The maximum absolute atomic E-state index is 12.0. The van der Waals surface area contributed by atoms with Gasteiger partial charge in [-0.3, -0.25) is 4.79 Å². The maximum Gasteiger partial charge on any atom is 0.236 e. The molecule has 1 atom stereocenters. The molecule has 1 heterocycles. The van der Waals surface area contributed by atoms with Gasteiger partial charge in [-0.1, -0.05) is 25.1 Å². The summed E-state index contributed by atoms with van der Waals surface area (Å²) in [5, 5.41) is 3.69. The van der Waals surface area contributed by atoms with Crippen LogP contribution in [0.15, 0.2) is 35.2 Å². The Bertz CT molecular complexity index is 624. The Labute approximate surface area is 133 Å². The standard InChI is InChI=1S/C16H18N2OS2/c1-11-7-8-13-14(9-11)21-16(17-13)18-15(19)10-20-12-5-3-2-4-6-12/h2-6,11H,7-10H2,1H3,(H,17,18,19)/t11-/m0/s1. The average Bonchev–Trinajstić information content (AvgIpc) is 2.87. The summed E-state index contributed by atoms with van der Waals surface area (Å²) < 4.78 is 0. The van der Waals surface area contributed by atoms with Crippen molar-refractivity contribution in [3.63, 3.8) is 0 Å². The van der Waals surface area contributed by atoms with E-state index in [4.69, 9.17) is 0 Å². The van der Waals surface area contributed by atoms with E-state index < -0.39 is 0 Å². The number of hydrogen-bond donors (Lipinski definition) is 1. The lowest BCUT2D eigenvalue weighted by Crippen LogP contribution is -2.13. The van der Waals surface area contributed by atoms with Gasteiger partial charge in [0.05, 0.1) is 11.4 Å². The van der Waals surface area contributed by atoms with E-state index in [0.29, 0.717) is 5.75 Å². The van der Waals surface area contributed by atoms with Gasteiger partial charge in [0.25, 0.3) is 0 Å². The lowest BCUT2D eigenvalue weighted by Gasteiger charge is -2.15. The second-order valence-electron chi connectivity index (χ2n) is 5.39. The van der Waals surface area contributed by atoms with E-state index in [0.717, 1.165) is 28.8 Å².